The molecule has 0 aliphatic carbocycles. The van der Waals surface area contributed by atoms with Gasteiger partial charge in [0.1, 0.15) is 17.7 Å². The normalized spacial score (nSPS) is 18.5. The summed E-state index contributed by atoms with van der Waals surface area (Å²) in [7, 11) is 0. The Hall–Kier alpha value is -1.25. The molecule has 20 heavy (non-hydrogen) atoms. The van der Waals surface area contributed by atoms with Gasteiger partial charge in [-0.1, -0.05) is 29.8 Å². The summed E-state index contributed by atoms with van der Waals surface area (Å²) in [5.74, 6) is 0.459. The molecule has 0 saturated heterocycles. The summed E-state index contributed by atoms with van der Waals surface area (Å²) in [6.45, 7) is 2.03. The first-order chi connectivity index (χ1) is 9.54. The molecule has 0 bridgehead atoms. The van der Waals surface area contributed by atoms with Crippen LogP contribution in [0.5, 0.6) is 5.75 Å². The van der Waals surface area contributed by atoms with Gasteiger partial charge in [-0.3, -0.25) is 0 Å². The fraction of sp³-hybridized carbons (Fsp3) is 0.250. The van der Waals surface area contributed by atoms with Gasteiger partial charge in [0, 0.05) is 6.42 Å². The average molecular weight is 311 g/mol. The molecule has 0 radical (unpaired) electrons. The summed E-state index contributed by atoms with van der Waals surface area (Å²) in [4.78, 5) is 0. The SMILES string of the molecule is CC1Cc2cc(C(Cl)c3ccc(Cl)c(F)c3)ccc2O1. The van der Waals surface area contributed by atoms with E-state index in [9.17, 15) is 4.39 Å². The highest BCUT2D eigenvalue weighted by Gasteiger charge is 2.21. The predicted octanol–water partition coefficient (Wildman–Crippen LogP) is 5.13. The Bertz CT molecular complexity index is 657. The zero-order valence-corrected chi connectivity index (χ0v) is 12.4. The largest absolute Gasteiger partial charge is 0.490 e. The van der Waals surface area contributed by atoms with Gasteiger partial charge in [-0.25, -0.2) is 4.39 Å². The second kappa shape index (κ2) is 5.27. The number of hydrogen-bond donors (Lipinski definition) is 0. The molecule has 2 atom stereocenters. The van der Waals surface area contributed by atoms with Gasteiger partial charge in [0.15, 0.2) is 0 Å². The number of halogens is 3. The van der Waals surface area contributed by atoms with E-state index in [0.29, 0.717) is 5.56 Å². The van der Waals surface area contributed by atoms with Crippen molar-refractivity contribution in [2.24, 2.45) is 0 Å². The fourth-order valence-electron chi connectivity index (χ4n) is 2.46. The van der Waals surface area contributed by atoms with Gasteiger partial charge in [-0.2, -0.15) is 0 Å². The van der Waals surface area contributed by atoms with E-state index in [-0.39, 0.29) is 11.1 Å². The van der Waals surface area contributed by atoms with Crippen LogP contribution < -0.4 is 4.74 Å². The highest BCUT2D eigenvalue weighted by atomic mass is 35.5. The van der Waals surface area contributed by atoms with E-state index in [4.69, 9.17) is 27.9 Å². The van der Waals surface area contributed by atoms with Gasteiger partial charge in [0.25, 0.3) is 0 Å². The maximum absolute atomic E-state index is 13.5. The molecule has 1 aliphatic heterocycles. The Morgan fingerprint density at radius 1 is 1.20 bits per heavy atom. The van der Waals surface area contributed by atoms with Crippen LogP contribution >= 0.6 is 23.2 Å². The molecule has 0 N–H and O–H groups in total. The number of rotatable bonds is 2. The minimum atomic E-state index is -0.451. The lowest BCUT2D eigenvalue weighted by atomic mass is 10.0. The van der Waals surface area contributed by atoms with Gasteiger partial charge in [-0.15, -0.1) is 11.6 Å². The summed E-state index contributed by atoms with van der Waals surface area (Å²) < 4.78 is 19.2. The number of benzene rings is 2. The van der Waals surface area contributed by atoms with Crippen molar-refractivity contribution in [3.8, 4) is 5.75 Å². The third-order valence-electron chi connectivity index (χ3n) is 3.45. The third kappa shape index (κ3) is 2.50. The number of fused-ring (bicyclic) bond motifs is 1. The van der Waals surface area contributed by atoms with Crippen LogP contribution in [0, 0.1) is 5.82 Å². The van der Waals surface area contributed by atoms with Crippen molar-refractivity contribution in [2.75, 3.05) is 0 Å². The second-order valence-electron chi connectivity index (χ2n) is 5.04. The lowest BCUT2D eigenvalue weighted by Gasteiger charge is -2.12. The molecule has 0 saturated carbocycles. The van der Waals surface area contributed by atoms with Crippen LogP contribution in [-0.2, 0) is 6.42 Å². The van der Waals surface area contributed by atoms with Crippen molar-refractivity contribution >= 4 is 23.2 Å². The van der Waals surface area contributed by atoms with Gasteiger partial charge in [0.05, 0.1) is 10.4 Å². The van der Waals surface area contributed by atoms with E-state index < -0.39 is 11.2 Å². The lowest BCUT2D eigenvalue weighted by Crippen LogP contribution is -2.05. The molecule has 0 fully saturated rings. The molecule has 2 aromatic rings. The van der Waals surface area contributed by atoms with Crippen LogP contribution in [-0.4, -0.2) is 6.10 Å². The van der Waals surface area contributed by atoms with E-state index in [2.05, 4.69) is 0 Å². The van der Waals surface area contributed by atoms with E-state index in [1.165, 1.54) is 12.1 Å². The molecule has 0 spiro atoms. The maximum Gasteiger partial charge on any atom is 0.142 e. The first-order valence-corrected chi connectivity index (χ1v) is 7.24. The molecular formula is C16H13Cl2FO. The summed E-state index contributed by atoms with van der Waals surface area (Å²) in [6.07, 6.45) is 1.07. The number of ether oxygens (including phenoxy) is 1. The van der Waals surface area contributed by atoms with Crippen molar-refractivity contribution in [1.82, 2.24) is 0 Å². The molecular weight excluding hydrogens is 298 g/mol. The molecule has 1 aliphatic rings. The highest BCUT2D eigenvalue weighted by molar-refractivity contribution is 6.30. The fourth-order valence-corrected chi connectivity index (χ4v) is 2.85. The summed E-state index contributed by atoms with van der Waals surface area (Å²) in [5.41, 5.74) is 2.78. The Morgan fingerprint density at radius 3 is 2.65 bits per heavy atom. The molecule has 1 heterocycles. The predicted molar refractivity (Wildman–Crippen MR) is 79.3 cm³/mol. The van der Waals surface area contributed by atoms with Crippen molar-refractivity contribution in [2.45, 2.75) is 24.8 Å². The van der Waals surface area contributed by atoms with Gasteiger partial charge >= 0.3 is 0 Å². The standard InChI is InChI=1S/C16H13Cl2FO/c1-9-6-12-7-10(3-5-15(12)20-9)16(18)11-2-4-13(17)14(19)8-11/h2-5,7-9,16H,6H2,1H3. The molecule has 2 aromatic carbocycles. The first kappa shape index (κ1) is 13.7. The molecule has 4 heteroatoms. The quantitative estimate of drug-likeness (QED) is 0.699. The van der Waals surface area contributed by atoms with Crippen molar-refractivity contribution in [3.05, 3.63) is 63.9 Å². The van der Waals surface area contributed by atoms with Crippen LogP contribution in [0.15, 0.2) is 36.4 Å². The highest BCUT2D eigenvalue weighted by Crippen LogP contribution is 2.36. The zero-order chi connectivity index (χ0) is 14.3. The van der Waals surface area contributed by atoms with Gasteiger partial charge in [0.2, 0.25) is 0 Å². The Morgan fingerprint density at radius 2 is 1.90 bits per heavy atom. The number of alkyl halides is 1. The maximum atomic E-state index is 13.5. The van der Waals surface area contributed by atoms with E-state index in [1.807, 2.05) is 25.1 Å². The zero-order valence-electron chi connectivity index (χ0n) is 10.9. The molecule has 2 unspecified atom stereocenters. The molecule has 3 rings (SSSR count). The van der Waals surface area contributed by atoms with E-state index >= 15 is 0 Å². The van der Waals surface area contributed by atoms with E-state index in [1.54, 1.807) is 6.07 Å². The summed E-state index contributed by atoms with van der Waals surface area (Å²) in [5, 5.41) is -0.295. The Balaban J connectivity index is 1.93. The van der Waals surface area contributed by atoms with Gasteiger partial charge in [-0.05, 0) is 41.8 Å². The lowest BCUT2D eigenvalue weighted by molar-refractivity contribution is 0.254. The molecule has 104 valence electrons. The third-order valence-corrected chi connectivity index (χ3v) is 4.26. The molecule has 0 aromatic heterocycles. The topological polar surface area (TPSA) is 9.23 Å². The molecule has 1 nitrogen and oxygen atoms in total. The smallest absolute Gasteiger partial charge is 0.142 e. The minimum absolute atomic E-state index is 0.105. The van der Waals surface area contributed by atoms with Gasteiger partial charge < -0.3 is 4.74 Å². The number of hydrogen-bond acceptors (Lipinski definition) is 1. The van der Waals surface area contributed by atoms with Crippen LogP contribution in [0.2, 0.25) is 5.02 Å². The monoisotopic (exact) mass is 310 g/mol. The Labute approximate surface area is 127 Å². The first-order valence-electron chi connectivity index (χ1n) is 6.43. The average Bonchev–Trinajstić information content (AvgIpc) is 2.80. The second-order valence-corrected chi connectivity index (χ2v) is 5.88. The van der Waals surface area contributed by atoms with Crippen LogP contribution in [0.25, 0.3) is 0 Å². The van der Waals surface area contributed by atoms with Crippen LogP contribution in [0.1, 0.15) is 29.0 Å². The van der Waals surface area contributed by atoms with E-state index in [0.717, 1.165) is 23.3 Å². The van der Waals surface area contributed by atoms with Crippen LogP contribution in [0.3, 0.4) is 0 Å². The van der Waals surface area contributed by atoms with Crippen LogP contribution in [0.4, 0.5) is 4.39 Å². The summed E-state index contributed by atoms with van der Waals surface area (Å²) >= 11 is 12.1. The minimum Gasteiger partial charge on any atom is -0.490 e. The Kier molecular flexibility index (Phi) is 3.61. The van der Waals surface area contributed by atoms with Crippen molar-refractivity contribution in [3.63, 3.8) is 0 Å². The molecule has 0 amide bonds. The van der Waals surface area contributed by atoms with Crippen molar-refractivity contribution in [1.29, 1.82) is 0 Å². The van der Waals surface area contributed by atoms with Crippen molar-refractivity contribution < 1.29 is 9.13 Å². The summed E-state index contributed by atoms with van der Waals surface area (Å²) in [6, 6.07) is 10.5.